The van der Waals surface area contributed by atoms with E-state index in [9.17, 15) is 71.0 Å². The van der Waals surface area contributed by atoms with Crippen LogP contribution in [0.4, 0.5) is 38.9 Å². The third-order valence-electron chi connectivity index (χ3n) is 11.3. The van der Waals surface area contributed by atoms with Crippen molar-refractivity contribution in [2.24, 2.45) is 5.92 Å². The predicted octanol–water partition coefficient (Wildman–Crippen LogP) is 10.7. The van der Waals surface area contributed by atoms with E-state index in [0.29, 0.717) is 33.3 Å². The Morgan fingerprint density at radius 3 is 1.52 bits per heavy atom. The van der Waals surface area contributed by atoms with Gasteiger partial charge in [-0.3, -0.25) is 19.2 Å². The van der Waals surface area contributed by atoms with E-state index in [4.69, 9.17) is 4.74 Å². The number of carbonyl (C=O) groups is 4. The molecule has 2 aliphatic rings. The quantitative estimate of drug-likeness (QED) is 0.0478. The number of Topliss-reactive ketones (excluding diaryl/α,β-unsaturated/α-hetero) is 2. The zero-order chi connectivity index (χ0) is 54.9. The maximum atomic E-state index is 12.9. The molecule has 23 heteroatoms. The Morgan fingerprint density at radius 1 is 0.616 bits per heavy atom. The molecular weight excluding hydrogens is 1160 g/mol. The second kappa shape index (κ2) is 19.5. The van der Waals surface area contributed by atoms with Gasteiger partial charge in [-0.25, -0.2) is 8.42 Å². The van der Waals surface area contributed by atoms with Gasteiger partial charge >= 0.3 is 159 Å². The van der Waals surface area contributed by atoms with Gasteiger partial charge in [-0.2, -0.15) is 0 Å². The summed E-state index contributed by atoms with van der Waals surface area (Å²) >= 11 is -0.710. The monoisotopic (exact) mass is 1200 g/mol. The van der Waals surface area contributed by atoms with Crippen molar-refractivity contribution in [2.75, 3.05) is 14.2 Å². The van der Waals surface area contributed by atoms with E-state index >= 15 is 0 Å². The molecule has 396 valence electrons. The molecule has 8 rings (SSSR count). The molecule has 6 aromatic carbocycles. The molecule has 0 spiro atoms. The molecule has 9 nitrogen and oxygen atoms in total. The molecule has 0 fully saturated rings. The van der Waals surface area contributed by atoms with E-state index in [1.165, 1.54) is 37.4 Å². The Kier molecular flexibility index (Phi) is 15.5. The normalized spacial score (nSPS) is 18.0. The summed E-state index contributed by atoms with van der Waals surface area (Å²) in [6.07, 6.45) is 0.353. The first kappa shape index (κ1) is 58.1. The van der Waals surface area contributed by atoms with E-state index in [-0.39, 0.29) is 40.4 Å². The van der Waals surface area contributed by atoms with Gasteiger partial charge in [-0.1, -0.05) is 97.8 Å². The third-order valence-corrected chi connectivity index (χ3v) is 18.1. The van der Waals surface area contributed by atoms with Gasteiger partial charge in [-0.15, -0.1) is 0 Å². The molecular formula is C50H45F10IO9S3-2. The number of benzene rings is 6. The number of carbonyl (C=O) groups excluding carboxylic acids is 4. The SMILES string of the molecule is COC(=O)C1(c2ccc(S(F)(F)(F)(F)F)cc2)Cc2ccccc2C1=O.COC(=O)C1Cc2ccccc2C1=O.Cc1cc(C)c([I-]c2ccc(S(F)(F)(F)(F)F)cc2)c(C)c1.Cc1ccc(S(=O)(=O)[O-])cc1. The van der Waals surface area contributed by atoms with Crippen LogP contribution in [-0.2, 0) is 47.4 Å². The Labute approximate surface area is 424 Å². The van der Waals surface area contributed by atoms with Crippen LogP contribution in [0.25, 0.3) is 0 Å². The summed E-state index contributed by atoms with van der Waals surface area (Å²) in [6.45, 7) is 7.71. The van der Waals surface area contributed by atoms with E-state index in [2.05, 4.69) is 4.74 Å². The zero-order valence-corrected chi connectivity index (χ0v) is 43.9. The van der Waals surface area contributed by atoms with Gasteiger partial charge in [0, 0.05) is 17.5 Å². The number of ketones is 2. The van der Waals surface area contributed by atoms with Crippen molar-refractivity contribution < 1.29 is 102 Å². The topological polar surface area (TPSA) is 144 Å². The van der Waals surface area contributed by atoms with Crippen LogP contribution < -0.4 is 21.2 Å². The molecule has 0 radical (unpaired) electrons. The molecule has 0 bridgehead atoms. The second-order valence-corrected chi connectivity index (χ2v) is 25.9. The minimum Gasteiger partial charge on any atom is -0.744 e. The molecule has 2 unspecified atom stereocenters. The number of ether oxygens (including phenoxy) is 2. The first-order chi connectivity index (χ1) is 33.3. The Hall–Kier alpha value is -5.76. The van der Waals surface area contributed by atoms with Crippen molar-refractivity contribution in [1.29, 1.82) is 0 Å². The van der Waals surface area contributed by atoms with Crippen molar-refractivity contribution in [1.82, 2.24) is 0 Å². The van der Waals surface area contributed by atoms with Gasteiger partial charge < -0.3 is 14.0 Å². The molecule has 0 amide bonds. The van der Waals surface area contributed by atoms with Crippen molar-refractivity contribution in [3.05, 3.63) is 191 Å². The summed E-state index contributed by atoms with van der Waals surface area (Å²) in [5, 5.41) is 0. The average molecular weight is 1200 g/mol. The van der Waals surface area contributed by atoms with Gasteiger partial charge in [-0.05, 0) is 54.3 Å². The van der Waals surface area contributed by atoms with E-state index in [1.807, 2.05) is 52.0 Å². The van der Waals surface area contributed by atoms with Crippen LogP contribution in [0.5, 0.6) is 0 Å². The molecule has 2 atom stereocenters. The number of esters is 2. The van der Waals surface area contributed by atoms with E-state index < -0.39 is 90.6 Å². The minimum absolute atomic E-state index is 0.118. The van der Waals surface area contributed by atoms with Crippen molar-refractivity contribution in [3.8, 4) is 0 Å². The number of hydrogen-bond donors (Lipinski definition) is 0. The first-order valence-corrected chi connectivity index (χ1v) is 28.6. The third kappa shape index (κ3) is 14.1. The van der Waals surface area contributed by atoms with Crippen LogP contribution in [0.3, 0.4) is 0 Å². The standard InChI is InChI=1S/C17H13F5O3S.C15H15F5IS.C11H10O3.C7H8O3S/c1-25-16(24)17(10-11-4-2-3-5-14(11)15(17)23)12-6-8-13(9-7-12)26(18,19,20,21)22;1-10-8-11(2)15(12(3)9-10)21-13-4-6-14(7-5-13)22(16,17,18,19)20;1-14-11(13)9-6-7-4-2-3-5-8(7)10(9)12;1-6-2-4-7(5-3-6)11(8,9)10/h2-9H,10H2,1H3;4-9H,1-3H3;2-5,9H,6H2,1H3;2-5H,1H3,(H,8,9,10)/q;-1;;/p-1. The summed E-state index contributed by atoms with van der Waals surface area (Å²) in [4.78, 5) is 44.1. The zero-order valence-electron chi connectivity index (χ0n) is 39.2. The fourth-order valence-corrected chi connectivity index (χ4v) is 12.1. The fourth-order valence-electron chi connectivity index (χ4n) is 7.83. The van der Waals surface area contributed by atoms with Crippen molar-refractivity contribution in [3.63, 3.8) is 0 Å². The van der Waals surface area contributed by atoms with Crippen molar-refractivity contribution in [2.45, 2.75) is 60.6 Å². The summed E-state index contributed by atoms with van der Waals surface area (Å²) in [7, 11) is -21.3. The maximum absolute atomic E-state index is 12.9. The van der Waals surface area contributed by atoms with Gasteiger partial charge in [0.25, 0.3) is 0 Å². The Morgan fingerprint density at radius 2 is 1.08 bits per heavy atom. The fraction of sp³-hybridized carbons (Fsp3) is 0.200. The van der Waals surface area contributed by atoms with Crippen molar-refractivity contribution >= 4 is 54.1 Å². The van der Waals surface area contributed by atoms with E-state index in [1.54, 1.807) is 42.5 Å². The molecule has 2 aliphatic carbocycles. The van der Waals surface area contributed by atoms with Gasteiger partial charge in [0.2, 0.25) is 0 Å². The van der Waals surface area contributed by atoms with Gasteiger partial charge in [0.05, 0.1) is 19.1 Å². The summed E-state index contributed by atoms with van der Waals surface area (Å²) < 4.78 is 170. The smallest absolute Gasteiger partial charge is 0.124 e. The predicted molar refractivity (Wildman–Crippen MR) is 251 cm³/mol. The Balaban J connectivity index is 0.000000190. The van der Waals surface area contributed by atoms with Gasteiger partial charge in [0.1, 0.15) is 20.9 Å². The maximum Gasteiger partial charge on any atom is 0.124 e. The molecule has 0 aliphatic heterocycles. The number of fused-ring (bicyclic) bond motifs is 2. The number of halogens is 11. The molecule has 73 heavy (non-hydrogen) atoms. The molecule has 0 N–H and O–H groups in total. The molecule has 0 saturated heterocycles. The summed E-state index contributed by atoms with van der Waals surface area (Å²) in [5.41, 5.74) is 4.57. The summed E-state index contributed by atoms with van der Waals surface area (Å²) in [5.74, 6) is -2.78. The minimum atomic E-state index is -9.85. The number of rotatable bonds is 8. The molecule has 0 saturated carbocycles. The van der Waals surface area contributed by atoms with E-state index in [0.717, 1.165) is 50.6 Å². The largest absolute Gasteiger partial charge is 0.744 e. The number of hydrogen-bond acceptors (Lipinski definition) is 9. The van der Waals surface area contributed by atoms with Crippen LogP contribution in [0.1, 0.15) is 59.7 Å². The van der Waals surface area contributed by atoms with Crippen LogP contribution in [0, 0.1) is 40.8 Å². The van der Waals surface area contributed by atoms with Crippen LogP contribution in [-0.4, -0.2) is 50.7 Å². The van der Waals surface area contributed by atoms with Crippen LogP contribution in [0.15, 0.2) is 148 Å². The molecule has 0 heterocycles. The number of aryl methyl sites for hydroxylation is 4. The average Bonchev–Trinajstić information content (AvgIpc) is 3.80. The van der Waals surface area contributed by atoms with Crippen LogP contribution in [0.2, 0.25) is 0 Å². The van der Waals surface area contributed by atoms with Gasteiger partial charge in [0.15, 0.2) is 17.0 Å². The number of methoxy groups -OCH3 is 2. The molecule has 0 aromatic heterocycles. The molecule has 6 aromatic rings. The summed E-state index contributed by atoms with van der Waals surface area (Å²) in [6, 6.07) is 28.6. The second-order valence-electron chi connectivity index (χ2n) is 16.9. The Bertz CT molecular complexity index is 3210. The van der Waals surface area contributed by atoms with Crippen LogP contribution >= 0.6 is 20.4 Å². The first-order valence-electron chi connectivity index (χ1n) is 21.1.